The molecule has 6 heteroatoms. The molecule has 0 spiro atoms. The third-order valence-electron chi connectivity index (χ3n) is 2.67. The summed E-state index contributed by atoms with van der Waals surface area (Å²) in [5, 5.41) is 3.70. The molecule has 4 nitrogen and oxygen atoms in total. The summed E-state index contributed by atoms with van der Waals surface area (Å²) in [7, 11) is 1.33. The van der Waals surface area contributed by atoms with Gasteiger partial charge < -0.3 is 15.8 Å². The van der Waals surface area contributed by atoms with Crippen molar-refractivity contribution >= 4 is 50.6 Å². The predicted octanol–water partition coefficient (Wildman–Crippen LogP) is 4.21. The highest BCUT2D eigenvalue weighted by molar-refractivity contribution is 9.10. The number of halogens is 2. The van der Waals surface area contributed by atoms with Crippen molar-refractivity contribution in [2.75, 3.05) is 18.2 Å². The number of anilines is 3. The zero-order valence-electron chi connectivity index (χ0n) is 10.6. The lowest BCUT2D eigenvalue weighted by molar-refractivity contribution is 0.0601. The van der Waals surface area contributed by atoms with E-state index in [0.29, 0.717) is 22.0 Å². The molecule has 0 aliphatic heterocycles. The van der Waals surface area contributed by atoms with Crippen molar-refractivity contribution in [2.24, 2.45) is 0 Å². The summed E-state index contributed by atoms with van der Waals surface area (Å²) >= 11 is 9.48. The lowest BCUT2D eigenvalue weighted by atomic mass is 10.1. The van der Waals surface area contributed by atoms with Gasteiger partial charge in [-0.3, -0.25) is 0 Å². The molecule has 0 heterocycles. The quantitative estimate of drug-likeness (QED) is 0.639. The third kappa shape index (κ3) is 3.23. The summed E-state index contributed by atoms with van der Waals surface area (Å²) in [6, 6.07) is 10.4. The Bertz CT molecular complexity index is 662. The second-order valence-corrected chi connectivity index (χ2v) is 5.37. The Morgan fingerprint density at radius 1 is 1.25 bits per heavy atom. The molecular weight excluding hydrogens is 344 g/mol. The molecule has 2 aromatic rings. The number of esters is 1. The first-order chi connectivity index (χ1) is 9.51. The molecule has 0 radical (unpaired) electrons. The predicted molar refractivity (Wildman–Crippen MR) is 84.6 cm³/mol. The summed E-state index contributed by atoms with van der Waals surface area (Å²) < 4.78 is 5.54. The first-order valence-electron chi connectivity index (χ1n) is 5.71. The number of hydrogen-bond donors (Lipinski definition) is 2. The van der Waals surface area contributed by atoms with Gasteiger partial charge in [0.15, 0.2) is 0 Å². The first kappa shape index (κ1) is 14.7. The van der Waals surface area contributed by atoms with Crippen molar-refractivity contribution in [1.82, 2.24) is 0 Å². The summed E-state index contributed by atoms with van der Waals surface area (Å²) in [6.07, 6.45) is 0. The number of rotatable bonds is 3. The summed E-state index contributed by atoms with van der Waals surface area (Å²) in [5.41, 5.74) is 8.14. The summed E-state index contributed by atoms with van der Waals surface area (Å²) in [6.45, 7) is 0. The van der Waals surface area contributed by atoms with Crippen molar-refractivity contribution in [3.63, 3.8) is 0 Å². The van der Waals surface area contributed by atoms with Gasteiger partial charge in [0.2, 0.25) is 0 Å². The van der Waals surface area contributed by atoms with Crippen LogP contribution in [0.4, 0.5) is 17.1 Å². The highest BCUT2D eigenvalue weighted by Crippen LogP contribution is 2.31. The number of nitrogens with two attached hydrogens (primary N) is 1. The molecule has 0 amide bonds. The molecular formula is C14H12BrClN2O2. The van der Waals surface area contributed by atoms with Crippen molar-refractivity contribution < 1.29 is 9.53 Å². The Morgan fingerprint density at radius 2 is 2.00 bits per heavy atom. The van der Waals surface area contributed by atoms with E-state index in [0.717, 1.165) is 10.2 Å². The van der Waals surface area contributed by atoms with Crippen LogP contribution in [0.5, 0.6) is 0 Å². The van der Waals surface area contributed by atoms with Gasteiger partial charge in [0.05, 0.1) is 34.8 Å². The normalized spacial score (nSPS) is 10.2. The average molecular weight is 356 g/mol. The molecule has 0 fully saturated rings. The SMILES string of the molecule is COC(=O)c1ccc(Nc2cc(Br)ccc2Cl)c(N)c1. The Balaban J connectivity index is 2.30. The summed E-state index contributed by atoms with van der Waals surface area (Å²) in [5.74, 6) is -0.427. The van der Waals surface area contributed by atoms with Gasteiger partial charge in [0.25, 0.3) is 0 Å². The van der Waals surface area contributed by atoms with Gasteiger partial charge in [-0.15, -0.1) is 0 Å². The number of hydrogen-bond acceptors (Lipinski definition) is 4. The van der Waals surface area contributed by atoms with E-state index in [4.69, 9.17) is 17.3 Å². The molecule has 20 heavy (non-hydrogen) atoms. The molecule has 2 rings (SSSR count). The summed E-state index contributed by atoms with van der Waals surface area (Å²) in [4.78, 5) is 11.4. The molecule has 0 aromatic heterocycles. The van der Waals surface area contributed by atoms with Crippen LogP contribution < -0.4 is 11.1 Å². The molecule has 0 saturated heterocycles. The number of benzene rings is 2. The minimum absolute atomic E-state index is 0.399. The molecule has 0 unspecified atom stereocenters. The van der Waals surface area contributed by atoms with Crippen LogP contribution in [0.2, 0.25) is 5.02 Å². The molecule has 104 valence electrons. The molecule has 0 saturated carbocycles. The van der Waals surface area contributed by atoms with E-state index in [9.17, 15) is 4.79 Å². The molecule has 0 atom stereocenters. The van der Waals surface area contributed by atoms with E-state index in [2.05, 4.69) is 26.0 Å². The van der Waals surface area contributed by atoms with Gasteiger partial charge in [-0.25, -0.2) is 4.79 Å². The van der Waals surface area contributed by atoms with E-state index >= 15 is 0 Å². The van der Waals surface area contributed by atoms with E-state index in [1.54, 1.807) is 24.3 Å². The minimum Gasteiger partial charge on any atom is -0.465 e. The Labute approximate surface area is 130 Å². The standard InChI is InChI=1S/C14H12BrClN2O2/c1-20-14(19)8-2-5-12(11(17)6-8)18-13-7-9(15)3-4-10(13)16/h2-7,18H,17H2,1H3. The monoisotopic (exact) mass is 354 g/mol. The van der Waals surface area contributed by atoms with Gasteiger partial charge in [-0.1, -0.05) is 27.5 Å². The van der Waals surface area contributed by atoms with Gasteiger partial charge in [-0.2, -0.15) is 0 Å². The smallest absolute Gasteiger partial charge is 0.337 e. The fourth-order valence-corrected chi connectivity index (χ4v) is 2.19. The number of nitrogens with one attached hydrogen (secondary N) is 1. The second kappa shape index (κ2) is 6.15. The Kier molecular flexibility index (Phi) is 4.52. The van der Waals surface area contributed by atoms with Crippen molar-refractivity contribution in [1.29, 1.82) is 0 Å². The maximum atomic E-state index is 11.4. The highest BCUT2D eigenvalue weighted by Gasteiger charge is 2.09. The number of methoxy groups -OCH3 is 1. The van der Waals surface area contributed by atoms with Crippen LogP contribution in [0.25, 0.3) is 0 Å². The number of carbonyl (C=O) groups excluding carboxylic acids is 1. The van der Waals surface area contributed by atoms with Gasteiger partial charge in [-0.05, 0) is 36.4 Å². The highest BCUT2D eigenvalue weighted by atomic mass is 79.9. The second-order valence-electron chi connectivity index (χ2n) is 4.04. The van der Waals surface area contributed by atoms with Crippen LogP contribution in [0.1, 0.15) is 10.4 Å². The van der Waals surface area contributed by atoms with Crippen LogP contribution >= 0.6 is 27.5 Å². The first-order valence-corrected chi connectivity index (χ1v) is 6.88. The molecule has 2 aromatic carbocycles. The molecule has 3 N–H and O–H groups in total. The van der Waals surface area contributed by atoms with Crippen LogP contribution in [0.15, 0.2) is 40.9 Å². The van der Waals surface area contributed by atoms with Crippen LogP contribution in [0, 0.1) is 0 Å². The van der Waals surface area contributed by atoms with E-state index in [-0.39, 0.29) is 0 Å². The maximum absolute atomic E-state index is 11.4. The van der Waals surface area contributed by atoms with Crippen LogP contribution in [0.3, 0.4) is 0 Å². The van der Waals surface area contributed by atoms with E-state index in [1.165, 1.54) is 7.11 Å². The number of carbonyl (C=O) groups is 1. The van der Waals surface area contributed by atoms with E-state index < -0.39 is 5.97 Å². The van der Waals surface area contributed by atoms with Crippen LogP contribution in [-0.2, 0) is 4.74 Å². The largest absolute Gasteiger partial charge is 0.465 e. The topological polar surface area (TPSA) is 64.3 Å². The lowest BCUT2D eigenvalue weighted by Crippen LogP contribution is -2.04. The van der Waals surface area contributed by atoms with Gasteiger partial charge in [0.1, 0.15) is 0 Å². The maximum Gasteiger partial charge on any atom is 0.337 e. The Hall–Kier alpha value is -1.72. The van der Waals surface area contributed by atoms with Crippen molar-refractivity contribution in [3.8, 4) is 0 Å². The van der Waals surface area contributed by atoms with Crippen molar-refractivity contribution in [3.05, 3.63) is 51.5 Å². The minimum atomic E-state index is -0.427. The molecule has 0 bridgehead atoms. The lowest BCUT2D eigenvalue weighted by Gasteiger charge is -2.12. The van der Waals surface area contributed by atoms with Gasteiger partial charge in [0, 0.05) is 4.47 Å². The fourth-order valence-electron chi connectivity index (χ4n) is 1.66. The zero-order chi connectivity index (χ0) is 14.7. The fraction of sp³-hybridized carbons (Fsp3) is 0.0714. The Morgan fingerprint density at radius 3 is 2.65 bits per heavy atom. The zero-order valence-corrected chi connectivity index (χ0v) is 13.0. The molecule has 0 aliphatic rings. The van der Waals surface area contributed by atoms with Crippen LogP contribution in [-0.4, -0.2) is 13.1 Å². The van der Waals surface area contributed by atoms with Crippen molar-refractivity contribution in [2.45, 2.75) is 0 Å². The van der Waals surface area contributed by atoms with Gasteiger partial charge >= 0.3 is 5.97 Å². The third-order valence-corrected chi connectivity index (χ3v) is 3.49. The number of ether oxygens (including phenoxy) is 1. The number of nitrogen functional groups attached to an aromatic ring is 1. The average Bonchev–Trinajstić information content (AvgIpc) is 2.44. The van der Waals surface area contributed by atoms with E-state index in [1.807, 2.05) is 12.1 Å². The molecule has 0 aliphatic carbocycles.